The molecule has 2 heterocycles. The van der Waals surface area contributed by atoms with Crippen LogP contribution in [0.2, 0.25) is 0 Å². The fourth-order valence-corrected chi connectivity index (χ4v) is 5.42. The lowest BCUT2D eigenvalue weighted by molar-refractivity contribution is -0.695. The smallest absolute Gasteiger partial charge is 0.362 e. The van der Waals surface area contributed by atoms with Gasteiger partial charge in [-0.2, -0.15) is 0 Å². The quantitative estimate of drug-likeness (QED) is 0.632. The number of amides is 2. The molecular formula is C25H24N3O3S+. The van der Waals surface area contributed by atoms with E-state index in [2.05, 4.69) is 22.4 Å². The maximum Gasteiger partial charge on any atom is 0.362 e. The van der Waals surface area contributed by atoms with Crippen molar-refractivity contribution in [2.75, 3.05) is 13.7 Å². The zero-order valence-corrected chi connectivity index (χ0v) is 18.6. The van der Waals surface area contributed by atoms with Crippen molar-refractivity contribution in [3.8, 4) is 16.2 Å². The number of aliphatic imine (C=N–C) groups is 1. The van der Waals surface area contributed by atoms with E-state index in [9.17, 15) is 9.59 Å². The molecule has 0 saturated carbocycles. The number of nitrogens with one attached hydrogen (secondary N) is 2. The number of ether oxygens (including phenoxy) is 1. The zero-order valence-electron chi connectivity index (χ0n) is 17.8. The molecule has 1 aromatic heterocycles. The number of quaternary nitrogens is 1. The van der Waals surface area contributed by atoms with Gasteiger partial charge in [0, 0.05) is 4.88 Å². The number of fused-ring (bicyclic) bond motifs is 2. The minimum atomic E-state index is -0.142. The van der Waals surface area contributed by atoms with Gasteiger partial charge in [-0.3, -0.25) is 4.79 Å². The molecule has 2 aromatic carbocycles. The number of hydrogen-bond donors (Lipinski definition) is 2. The zero-order chi connectivity index (χ0) is 22.1. The molecule has 5 rings (SSSR count). The Hall–Kier alpha value is -3.29. The average molecular weight is 447 g/mol. The standard InChI is InChI=1S/C25H23N3O3S/c1-31-18-11-9-17(10-12-18)22-13-21-24(32-22)25(30)28(15-26-21)14-23(29)27-20-8-4-6-16-5-2-3-7-19(16)20/h2-3,5,7,9-13,15,20H,4,6,8,14H2,1H3,(H,27,29)/p+1. The van der Waals surface area contributed by atoms with Gasteiger partial charge in [0.2, 0.25) is 0 Å². The normalized spacial score (nSPS) is 19.2. The highest BCUT2D eigenvalue weighted by Gasteiger charge is 2.32. The molecule has 2 N–H and O–H groups in total. The number of benzene rings is 2. The van der Waals surface area contributed by atoms with Gasteiger partial charge in [-0.05, 0) is 66.3 Å². The molecule has 7 heteroatoms. The lowest BCUT2D eigenvalue weighted by Crippen LogP contribution is -3.15. The fraction of sp³-hybridized carbons (Fsp3) is 0.240. The number of aryl methyl sites for hydroxylation is 1. The molecule has 2 unspecified atom stereocenters. The van der Waals surface area contributed by atoms with E-state index in [0.29, 0.717) is 15.5 Å². The molecule has 0 spiro atoms. The molecule has 162 valence electrons. The summed E-state index contributed by atoms with van der Waals surface area (Å²) in [6.07, 6.45) is 4.55. The lowest BCUT2D eigenvalue weighted by Gasteiger charge is -2.26. The molecule has 1 aliphatic heterocycles. The summed E-state index contributed by atoms with van der Waals surface area (Å²) in [4.78, 5) is 32.3. The molecule has 0 bridgehead atoms. The van der Waals surface area contributed by atoms with Crippen molar-refractivity contribution in [3.05, 3.63) is 70.6 Å². The molecule has 0 saturated heterocycles. The molecule has 6 nitrogen and oxygen atoms in total. The largest absolute Gasteiger partial charge is 0.497 e. The van der Waals surface area contributed by atoms with Crippen molar-refractivity contribution < 1.29 is 19.2 Å². The second-order valence-corrected chi connectivity index (χ2v) is 9.11. The van der Waals surface area contributed by atoms with E-state index in [1.165, 1.54) is 22.5 Å². The van der Waals surface area contributed by atoms with Crippen LogP contribution in [-0.4, -0.2) is 31.8 Å². The van der Waals surface area contributed by atoms with E-state index in [4.69, 9.17) is 4.74 Å². The summed E-state index contributed by atoms with van der Waals surface area (Å²) in [5.74, 6) is 0.530. The summed E-state index contributed by atoms with van der Waals surface area (Å²) in [7, 11) is 1.63. The first-order valence-corrected chi connectivity index (χ1v) is 11.5. The van der Waals surface area contributed by atoms with Crippen LogP contribution in [0.4, 0.5) is 5.69 Å². The number of thiophene rings is 1. The average Bonchev–Trinajstić information content (AvgIpc) is 3.26. The van der Waals surface area contributed by atoms with E-state index in [-0.39, 0.29) is 24.4 Å². The van der Waals surface area contributed by atoms with Crippen molar-refractivity contribution in [2.24, 2.45) is 4.99 Å². The molecular weight excluding hydrogens is 422 g/mol. The second-order valence-electron chi connectivity index (χ2n) is 8.05. The Kier molecular flexibility index (Phi) is 5.59. The van der Waals surface area contributed by atoms with Crippen molar-refractivity contribution in [1.29, 1.82) is 0 Å². The van der Waals surface area contributed by atoms with Crippen LogP contribution in [0.3, 0.4) is 0 Å². The van der Waals surface area contributed by atoms with Gasteiger partial charge >= 0.3 is 5.91 Å². The number of carbonyl (C=O) groups excluding carboxylic acids is 2. The third-order valence-electron chi connectivity index (χ3n) is 6.00. The Morgan fingerprint density at radius 2 is 2.03 bits per heavy atom. The second kappa shape index (κ2) is 8.68. The van der Waals surface area contributed by atoms with Crippen LogP contribution < -0.4 is 15.0 Å². The SMILES string of the molecule is COc1ccc(-c2cc3c(s2)C(=O)[NH+](CC(=O)NC2CCCc4ccccc42)C=N3)cc1. The predicted octanol–water partition coefficient (Wildman–Crippen LogP) is 3.32. The van der Waals surface area contributed by atoms with Crippen molar-refractivity contribution in [2.45, 2.75) is 25.3 Å². The molecule has 32 heavy (non-hydrogen) atoms. The van der Waals surface area contributed by atoms with Gasteiger partial charge < -0.3 is 10.1 Å². The van der Waals surface area contributed by atoms with Crippen molar-refractivity contribution in [3.63, 3.8) is 0 Å². The highest BCUT2D eigenvalue weighted by atomic mass is 32.1. The van der Waals surface area contributed by atoms with Crippen LogP contribution in [0, 0.1) is 0 Å². The Bertz CT molecular complexity index is 1200. The minimum absolute atomic E-state index is 0.00246. The van der Waals surface area contributed by atoms with Gasteiger partial charge in [-0.25, -0.2) is 14.7 Å². The van der Waals surface area contributed by atoms with Gasteiger partial charge in [0.1, 0.15) is 5.75 Å². The Balaban J connectivity index is 1.28. The van der Waals surface area contributed by atoms with E-state index in [1.807, 2.05) is 42.5 Å². The van der Waals surface area contributed by atoms with Crippen LogP contribution >= 0.6 is 11.3 Å². The summed E-state index contributed by atoms with van der Waals surface area (Å²) in [6, 6.07) is 17.9. The topological polar surface area (TPSA) is 72.2 Å². The Morgan fingerprint density at radius 3 is 2.84 bits per heavy atom. The summed E-state index contributed by atoms with van der Waals surface area (Å²) in [5, 5.41) is 3.13. The number of hydrogen-bond acceptors (Lipinski definition) is 5. The molecule has 2 aliphatic rings. The predicted molar refractivity (Wildman–Crippen MR) is 125 cm³/mol. The molecule has 0 radical (unpaired) electrons. The van der Waals surface area contributed by atoms with Crippen LogP contribution in [-0.2, 0) is 11.2 Å². The van der Waals surface area contributed by atoms with E-state index < -0.39 is 0 Å². The third-order valence-corrected chi connectivity index (χ3v) is 7.17. The number of rotatable bonds is 5. The fourth-order valence-electron chi connectivity index (χ4n) is 4.34. The van der Waals surface area contributed by atoms with E-state index in [1.54, 1.807) is 13.4 Å². The molecule has 2 amide bonds. The van der Waals surface area contributed by atoms with Gasteiger partial charge in [0.25, 0.3) is 5.91 Å². The van der Waals surface area contributed by atoms with Crippen LogP contribution in [0.25, 0.3) is 10.4 Å². The minimum Gasteiger partial charge on any atom is -0.497 e. The summed E-state index contributed by atoms with van der Waals surface area (Å²) >= 11 is 1.41. The van der Waals surface area contributed by atoms with E-state index >= 15 is 0 Å². The maximum absolute atomic E-state index is 13.1. The Labute approximate surface area is 190 Å². The number of carbonyl (C=O) groups is 2. The first-order valence-electron chi connectivity index (χ1n) is 10.7. The van der Waals surface area contributed by atoms with Crippen LogP contribution in [0.5, 0.6) is 5.75 Å². The number of nitrogens with zero attached hydrogens (tertiary/aromatic N) is 1. The van der Waals surface area contributed by atoms with Gasteiger partial charge in [-0.1, -0.05) is 24.3 Å². The molecule has 1 aliphatic carbocycles. The Morgan fingerprint density at radius 1 is 1.22 bits per heavy atom. The highest BCUT2D eigenvalue weighted by Crippen LogP contribution is 2.37. The van der Waals surface area contributed by atoms with Crippen molar-refractivity contribution >= 4 is 35.2 Å². The van der Waals surface area contributed by atoms with Crippen LogP contribution in [0.1, 0.15) is 39.7 Å². The van der Waals surface area contributed by atoms with Crippen molar-refractivity contribution in [1.82, 2.24) is 5.32 Å². The van der Waals surface area contributed by atoms with Crippen LogP contribution in [0.15, 0.2) is 59.6 Å². The first kappa shape index (κ1) is 20.6. The molecule has 0 fully saturated rings. The summed E-state index contributed by atoms with van der Waals surface area (Å²) in [5.41, 5.74) is 4.14. The summed E-state index contributed by atoms with van der Waals surface area (Å²) < 4.78 is 5.21. The molecule has 3 aromatic rings. The first-order chi connectivity index (χ1) is 15.6. The highest BCUT2D eigenvalue weighted by molar-refractivity contribution is 7.18. The van der Waals surface area contributed by atoms with Gasteiger partial charge in [-0.15, -0.1) is 11.3 Å². The lowest BCUT2D eigenvalue weighted by atomic mass is 9.88. The maximum atomic E-state index is 13.1. The monoisotopic (exact) mass is 446 g/mol. The molecule has 2 atom stereocenters. The van der Waals surface area contributed by atoms with Gasteiger partial charge in [0.15, 0.2) is 17.8 Å². The number of methoxy groups -OCH3 is 1. The van der Waals surface area contributed by atoms with E-state index in [0.717, 1.165) is 35.5 Å². The summed E-state index contributed by atoms with van der Waals surface area (Å²) in [6.45, 7) is 0.0379. The third kappa shape index (κ3) is 3.97. The van der Waals surface area contributed by atoms with Gasteiger partial charge in [0.05, 0.1) is 18.8 Å².